The Morgan fingerprint density at radius 3 is 1.61 bits per heavy atom. The van der Waals surface area contributed by atoms with Crippen LogP contribution in [0.5, 0.6) is 23.0 Å². The smallest absolute Gasteiger partial charge is 0.336 e. The van der Waals surface area contributed by atoms with E-state index < -0.39 is 17.5 Å². The Labute approximate surface area is 456 Å². The zero-order chi connectivity index (χ0) is 54.3. The number of aryl methyl sites for hydroxylation is 2. The van der Waals surface area contributed by atoms with Crippen molar-refractivity contribution in [3.05, 3.63) is 110 Å². The number of H-pyrrole nitrogens is 2. The average molecular weight is 1120 g/mol. The zero-order valence-corrected chi connectivity index (χ0v) is 46.7. The number of hydrogen-bond acceptors (Lipinski definition) is 13. The summed E-state index contributed by atoms with van der Waals surface area (Å²) in [6, 6.07) is 7.57. The molecule has 0 radical (unpaired) electrons. The first-order valence-corrected chi connectivity index (χ1v) is 27.0. The van der Waals surface area contributed by atoms with Crippen LogP contribution in [0, 0.1) is 39.5 Å². The molecule has 2 aliphatic carbocycles. The summed E-state index contributed by atoms with van der Waals surface area (Å²) in [6.07, 6.45) is 9.09. The van der Waals surface area contributed by atoms with Gasteiger partial charge in [-0.1, -0.05) is 46.4 Å². The number of amides is 1. The minimum Gasteiger partial charge on any atom is -0.478 e. The lowest BCUT2D eigenvalue weighted by molar-refractivity contribution is -0.131. The first kappa shape index (κ1) is 56.6. The average Bonchev–Trinajstić information content (AvgIpc) is 3.91. The number of rotatable bonds is 11. The Balaban J connectivity index is 0.000000171. The first-order valence-electron chi connectivity index (χ1n) is 25.5. The van der Waals surface area contributed by atoms with Crippen LogP contribution >= 0.6 is 46.4 Å². The summed E-state index contributed by atoms with van der Waals surface area (Å²) in [7, 11) is 3.55. The number of aromatic nitrogens is 2. The Kier molecular flexibility index (Phi) is 17.5. The lowest BCUT2D eigenvalue weighted by Gasteiger charge is -2.47. The Hall–Kier alpha value is -4.56. The van der Waals surface area contributed by atoms with Crippen molar-refractivity contribution in [2.75, 3.05) is 40.4 Å². The third kappa shape index (κ3) is 12.0. The molecule has 6 heterocycles. The van der Waals surface area contributed by atoms with E-state index in [4.69, 9.17) is 80.6 Å². The van der Waals surface area contributed by atoms with Crippen molar-refractivity contribution in [1.82, 2.24) is 25.1 Å². The van der Waals surface area contributed by atoms with Gasteiger partial charge in [-0.05, 0) is 116 Å². The number of ether oxygens (including phenoxy) is 6. The van der Waals surface area contributed by atoms with Crippen LogP contribution < -0.4 is 41.1 Å². The molecule has 21 heteroatoms. The fourth-order valence-corrected chi connectivity index (χ4v) is 12.3. The van der Waals surface area contributed by atoms with Crippen LogP contribution in [0.4, 0.5) is 0 Å². The standard InChI is InChI=1S/C27H33Cl2N3O5.C20H26ClNO5.C7H9ClN2O/c1-14-9-21(28)20(26(34)31-14)11-30-25(33)19-10-22(29)24-23(15(19)2)36-27(3,37-24)16-5-7-17(8-6-16)32-12-18(13-32)35-4;1-11-15(19(23)24)10-16(21)18-17(11)26-20(2,27-18)12-4-6-22(7-5-12)13-8-14(9-13)25-3;1-4-2-6(8)5(3-9)7(11)10-4/h9-10,16-18H,5-8,11-13H2,1-4H3,(H,30,33)(H,31,34);10,12-14H,4-9H2,1-3H3,(H,23,24);2H,3,9H2,1H3,(H,10,11). The first-order chi connectivity index (χ1) is 35.6. The van der Waals surface area contributed by atoms with E-state index in [0.717, 1.165) is 83.2 Å². The summed E-state index contributed by atoms with van der Waals surface area (Å²) in [6.45, 7) is 15.2. The molecule has 1 amide bonds. The number of nitrogens with two attached hydrogens (primary N) is 1. The van der Waals surface area contributed by atoms with Gasteiger partial charge in [-0.15, -0.1) is 0 Å². The number of pyridine rings is 2. The molecule has 4 fully saturated rings. The van der Waals surface area contributed by atoms with E-state index in [2.05, 4.69) is 25.1 Å². The highest BCUT2D eigenvalue weighted by Gasteiger charge is 2.50. The van der Waals surface area contributed by atoms with Gasteiger partial charge in [0, 0.05) is 105 Å². The number of halogens is 4. The maximum Gasteiger partial charge on any atom is 0.336 e. The van der Waals surface area contributed by atoms with Crippen molar-refractivity contribution < 1.29 is 43.1 Å². The summed E-state index contributed by atoms with van der Waals surface area (Å²) < 4.78 is 35.9. The van der Waals surface area contributed by atoms with Crippen molar-refractivity contribution in [3.63, 3.8) is 0 Å². The van der Waals surface area contributed by atoms with Crippen LogP contribution in [0.2, 0.25) is 20.1 Å². The largest absolute Gasteiger partial charge is 0.478 e. The maximum atomic E-state index is 13.1. The number of aromatic carboxylic acids is 1. The number of benzene rings is 2. The number of likely N-dealkylation sites (tertiary alicyclic amines) is 2. The minimum atomic E-state index is -1.02. The molecule has 4 aromatic rings. The van der Waals surface area contributed by atoms with E-state index in [-0.39, 0.29) is 52.5 Å². The van der Waals surface area contributed by atoms with E-state index in [0.29, 0.717) is 95.9 Å². The highest BCUT2D eigenvalue weighted by molar-refractivity contribution is 6.33. The summed E-state index contributed by atoms with van der Waals surface area (Å²) in [4.78, 5) is 58.2. The van der Waals surface area contributed by atoms with Gasteiger partial charge in [0.15, 0.2) is 23.0 Å². The van der Waals surface area contributed by atoms with Gasteiger partial charge in [0.25, 0.3) is 28.6 Å². The molecule has 2 aromatic heterocycles. The molecule has 6 aliphatic rings. The molecule has 408 valence electrons. The number of carbonyl (C=O) groups excluding carboxylic acids is 1. The summed E-state index contributed by atoms with van der Waals surface area (Å²) >= 11 is 24.8. The van der Waals surface area contributed by atoms with Gasteiger partial charge >= 0.3 is 5.97 Å². The highest BCUT2D eigenvalue weighted by atomic mass is 35.5. The number of nitrogens with zero attached hydrogens (tertiary/aromatic N) is 2. The quantitative estimate of drug-likeness (QED) is 0.0946. The topological polar surface area (TPSA) is 220 Å². The Bertz CT molecular complexity index is 2910. The number of carboxylic acid groups (broad SMARTS) is 1. The SMILES string of the molecule is COC1CC(N2CCC(C3(C)Oc4c(Cl)cc(C(=O)O)c(C)c4O3)CC2)C1.COC1CN(C2CCC(C3(C)Oc4c(Cl)cc(C(=O)NCc5c(Cl)cc(C)[nH]c5=O)c(C)c4O3)CC2)C1.Cc1cc(Cl)c(CN)c(=O)[nH]1. The number of aromatic amines is 2. The molecule has 75 heavy (non-hydrogen) atoms. The molecule has 2 saturated heterocycles. The number of fused-ring (bicyclic) bond motifs is 2. The molecule has 10 rings (SSSR count). The molecule has 2 saturated carbocycles. The summed E-state index contributed by atoms with van der Waals surface area (Å²) in [5, 5.41) is 13.5. The zero-order valence-electron chi connectivity index (χ0n) is 43.7. The third-order valence-electron chi connectivity index (χ3n) is 16.0. The molecule has 4 aliphatic heterocycles. The van der Waals surface area contributed by atoms with Crippen molar-refractivity contribution in [2.24, 2.45) is 17.6 Å². The lowest BCUT2D eigenvalue weighted by atomic mass is 9.80. The van der Waals surface area contributed by atoms with Crippen LogP contribution in [0.15, 0.2) is 33.9 Å². The third-order valence-corrected chi connectivity index (χ3v) is 17.2. The summed E-state index contributed by atoms with van der Waals surface area (Å²) in [5.74, 6) is -0.710. The van der Waals surface area contributed by atoms with Crippen molar-refractivity contribution in [1.29, 1.82) is 0 Å². The van der Waals surface area contributed by atoms with Crippen molar-refractivity contribution in [2.45, 2.75) is 142 Å². The van der Waals surface area contributed by atoms with Crippen molar-refractivity contribution >= 4 is 58.3 Å². The van der Waals surface area contributed by atoms with Gasteiger partial charge in [-0.3, -0.25) is 19.3 Å². The minimum absolute atomic E-state index is 0.0120. The van der Waals surface area contributed by atoms with Gasteiger partial charge in [0.1, 0.15) is 0 Å². The number of hydrogen-bond donors (Lipinski definition) is 5. The van der Waals surface area contributed by atoms with E-state index in [1.165, 1.54) is 6.07 Å². The Morgan fingerprint density at radius 2 is 1.13 bits per heavy atom. The Morgan fingerprint density at radius 1 is 0.667 bits per heavy atom. The fourth-order valence-electron chi connectivity index (χ4n) is 11.2. The fraction of sp³-hybridized carbons (Fsp3) is 0.556. The van der Waals surface area contributed by atoms with E-state index in [1.54, 1.807) is 53.2 Å². The number of carboxylic acids is 1. The van der Waals surface area contributed by atoms with Crippen LogP contribution in [-0.2, 0) is 22.6 Å². The van der Waals surface area contributed by atoms with Crippen LogP contribution in [-0.4, -0.2) is 113 Å². The molecule has 6 N–H and O–H groups in total. The molecule has 0 spiro atoms. The highest BCUT2D eigenvalue weighted by Crippen LogP contribution is 2.53. The lowest BCUT2D eigenvalue weighted by Crippen LogP contribution is -2.57. The molecule has 2 aromatic carbocycles. The van der Waals surface area contributed by atoms with Crippen LogP contribution in [0.25, 0.3) is 0 Å². The van der Waals surface area contributed by atoms with Gasteiger partial charge in [0.2, 0.25) is 0 Å². The van der Waals surface area contributed by atoms with E-state index in [9.17, 15) is 24.3 Å². The van der Waals surface area contributed by atoms with E-state index in [1.807, 2.05) is 20.8 Å². The molecule has 17 nitrogen and oxygen atoms in total. The molecular formula is C54H68Cl4N6O11. The summed E-state index contributed by atoms with van der Waals surface area (Å²) in [5.41, 5.74) is 8.63. The molecule has 0 bridgehead atoms. The maximum absolute atomic E-state index is 13.1. The number of nitrogens with one attached hydrogen (secondary N) is 3. The van der Waals surface area contributed by atoms with Crippen LogP contribution in [0.3, 0.4) is 0 Å². The van der Waals surface area contributed by atoms with Gasteiger partial charge in [0.05, 0.1) is 50.0 Å². The number of piperidine rings is 1. The van der Waals surface area contributed by atoms with Gasteiger partial charge in [-0.2, -0.15) is 0 Å². The molecular weight excluding hydrogens is 1050 g/mol. The van der Waals surface area contributed by atoms with E-state index >= 15 is 0 Å². The number of carbonyl (C=O) groups is 2. The van der Waals surface area contributed by atoms with Gasteiger partial charge in [-0.25, -0.2) is 4.79 Å². The second-order valence-electron chi connectivity index (χ2n) is 20.8. The monoisotopic (exact) mass is 1120 g/mol. The van der Waals surface area contributed by atoms with Crippen LogP contribution in [0.1, 0.15) is 120 Å². The normalized spacial score (nSPS) is 25.3. The molecule has 2 atom stereocenters. The molecule has 2 unspecified atom stereocenters. The van der Waals surface area contributed by atoms with Gasteiger partial charge < -0.3 is 59.4 Å². The number of methoxy groups -OCH3 is 2. The predicted molar refractivity (Wildman–Crippen MR) is 288 cm³/mol. The predicted octanol–water partition coefficient (Wildman–Crippen LogP) is 9.12. The second-order valence-corrected chi connectivity index (χ2v) is 22.5. The second kappa shape index (κ2) is 23.2. The van der Waals surface area contributed by atoms with Crippen molar-refractivity contribution in [3.8, 4) is 23.0 Å².